The maximum absolute atomic E-state index is 12.1. The Morgan fingerprint density at radius 1 is 1.04 bits per heavy atom. The van der Waals surface area contributed by atoms with Crippen LogP contribution in [0.1, 0.15) is 18.4 Å². The molecular weight excluding hydrogens is 442 g/mol. The van der Waals surface area contributed by atoms with Crippen LogP contribution in [-0.4, -0.2) is 45.9 Å². The minimum atomic E-state index is -3.60. The maximum Gasteiger partial charge on any atom is 0.240 e. The molecule has 8 heteroatoms. The topological polar surface area (TPSA) is 78.5 Å². The van der Waals surface area contributed by atoms with Gasteiger partial charge in [-0.05, 0) is 49.8 Å². The number of amides is 1. The molecule has 0 bridgehead atoms. The third-order valence-electron chi connectivity index (χ3n) is 4.10. The maximum atomic E-state index is 12.1. The minimum absolute atomic E-state index is 0.0676. The zero-order valence-electron chi connectivity index (χ0n) is 15.9. The van der Waals surface area contributed by atoms with Crippen LogP contribution in [0.3, 0.4) is 0 Å². The van der Waals surface area contributed by atoms with E-state index in [9.17, 15) is 13.2 Å². The highest BCUT2D eigenvalue weighted by atomic mass is 79.9. The van der Waals surface area contributed by atoms with Gasteiger partial charge in [-0.2, -0.15) is 0 Å². The molecule has 0 atom stereocenters. The van der Waals surface area contributed by atoms with Crippen LogP contribution in [0.5, 0.6) is 0 Å². The number of halogens is 1. The van der Waals surface area contributed by atoms with Gasteiger partial charge in [-0.1, -0.05) is 46.3 Å². The molecule has 2 rings (SSSR count). The van der Waals surface area contributed by atoms with Crippen molar-refractivity contribution in [1.82, 2.24) is 14.9 Å². The summed E-state index contributed by atoms with van der Waals surface area (Å²) in [6, 6.07) is 16.6. The number of rotatable bonds is 11. The summed E-state index contributed by atoms with van der Waals surface area (Å²) in [6.07, 6.45) is 0.940. The van der Waals surface area contributed by atoms with E-state index in [0.717, 1.165) is 24.0 Å². The number of carbonyl (C=O) groups is 1. The van der Waals surface area contributed by atoms with Crippen molar-refractivity contribution in [1.29, 1.82) is 0 Å². The van der Waals surface area contributed by atoms with Crippen LogP contribution in [0.2, 0.25) is 0 Å². The average molecular weight is 468 g/mol. The fourth-order valence-corrected chi connectivity index (χ4v) is 3.93. The molecule has 6 nitrogen and oxygen atoms in total. The van der Waals surface area contributed by atoms with Gasteiger partial charge in [0.15, 0.2) is 0 Å². The van der Waals surface area contributed by atoms with E-state index >= 15 is 0 Å². The molecule has 1 amide bonds. The van der Waals surface area contributed by atoms with E-state index in [-0.39, 0.29) is 23.8 Å². The van der Waals surface area contributed by atoms with Crippen molar-refractivity contribution >= 4 is 31.9 Å². The molecule has 0 spiro atoms. The van der Waals surface area contributed by atoms with Crippen molar-refractivity contribution in [3.05, 3.63) is 64.6 Å². The van der Waals surface area contributed by atoms with Crippen molar-refractivity contribution < 1.29 is 13.2 Å². The lowest BCUT2D eigenvalue weighted by Gasteiger charge is -2.16. The predicted molar refractivity (Wildman–Crippen MR) is 114 cm³/mol. The smallest absolute Gasteiger partial charge is 0.240 e. The summed E-state index contributed by atoms with van der Waals surface area (Å²) in [5.41, 5.74) is 1.26. The summed E-state index contributed by atoms with van der Waals surface area (Å²) >= 11 is 3.27. The zero-order chi connectivity index (χ0) is 20.4. The van der Waals surface area contributed by atoms with Gasteiger partial charge >= 0.3 is 0 Å². The molecule has 2 N–H and O–H groups in total. The van der Waals surface area contributed by atoms with Gasteiger partial charge in [-0.3, -0.25) is 4.79 Å². The molecule has 0 saturated heterocycles. The molecular formula is C20H26BrN3O3S. The lowest BCUT2D eigenvalue weighted by Crippen LogP contribution is -2.32. The first-order valence-corrected chi connectivity index (χ1v) is 11.4. The highest BCUT2D eigenvalue weighted by Gasteiger charge is 2.13. The molecule has 0 aromatic heterocycles. The van der Waals surface area contributed by atoms with E-state index < -0.39 is 10.0 Å². The number of sulfonamides is 1. The summed E-state index contributed by atoms with van der Waals surface area (Å²) in [5.74, 6) is -0.163. The van der Waals surface area contributed by atoms with Crippen molar-refractivity contribution in [2.75, 3.05) is 26.7 Å². The molecule has 0 saturated carbocycles. The van der Waals surface area contributed by atoms with Gasteiger partial charge in [-0.25, -0.2) is 13.1 Å². The number of benzene rings is 2. The van der Waals surface area contributed by atoms with Crippen molar-refractivity contribution in [2.45, 2.75) is 24.3 Å². The lowest BCUT2D eigenvalue weighted by molar-refractivity contribution is -0.120. The van der Waals surface area contributed by atoms with E-state index in [0.29, 0.717) is 6.54 Å². The van der Waals surface area contributed by atoms with Crippen molar-refractivity contribution in [3.8, 4) is 0 Å². The molecule has 0 unspecified atom stereocenters. The highest BCUT2D eigenvalue weighted by Crippen LogP contribution is 2.14. The number of hydrogen-bond donors (Lipinski definition) is 2. The minimum Gasteiger partial charge on any atom is -0.356 e. The Hall–Kier alpha value is -1.74. The number of nitrogens with one attached hydrogen (secondary N) is 2. The molecule has 0 radical (unpaired) electrons. The van der Waals surface area contributed by atoms with Crippen LogP contribution in [0, 0.1) is 0 Å². The summed E-state index contributed by atoms with van der Waals surface area (Å²) in [5, 5.41) is 2.83. The normalized spacial score (nSPS) is 11.5. The van der Waals surface area contributed by atoms with Crippen LogP contribution in [0.4, 0.5) is 0 Å². The average Bonchev–Trinajstić information content (AvgIpc) is 2.66. The molecule has 2 aromatic rings. The second kappa shape index (κ2) is 11.3. The van der Waals surface area contributed by atoms with Crippen LogP contribution < -0.4 is 10.0 Å². The van der Waals surface area contributed by atoms with Gasteiger partial charge in [-0.15, -0.1) is 0 Å². The third-order valence-corrected chi connectivity index (χ3v) is 6.11. The van der Waals surface area contributed by atoms with Gasteiger partial charge in [0.1, 0.15) is 0 Å². The molecule has 0 aliphatic rings. The second-order valence-corrected chi connectivity index (χ2v) is 9.21. The van der Waals surface area contributed by atoms with Crippen molar-refractivity contribution in [3.63, 3.8) is 0 Å². The summed E-state index contributed by atoms with van der Waals surface area (Å²) in [6.45, 7) is 2.37. The van der Waals surface area contributed by atoms with E-state index in [2.05, 4.69) is 43.0 Å². The van der Waals surface area contributed by atoms with Gasteiger partial charge in [0.05, 0.1) is 4.90 Å². The number of carbonyl (C=O) groups excluding carboxylic acids is 1. The summed E-state index contributed by atoms with van der Waals surface area (Å²) in [4.78, 5) is 14.3. The first-order chi connectivity index (χ1) is 13.4. The fraction of sp³-hybridized carbons (Fsp3) is 0.350. The van der Waals surface area contributed by atoms with E-state index in [4.69, 9.17) is 0 Å². The van der Waals surface area contributed by atoms with Crippen LogP contribution in [-0.2, 0) is 21.4 Å². The molecule has 2 aromatic carbocycles. The van der Waals surface area contributed by atoms with Crippen LogP contribution >= 0.6 is 15.9 Å². The van der Waals surface area contributed by atoms with Crippen molar-refractivity contribution in [2.24, 2.45) is 0 Å². The van der Waals surface area contributed by atoms with E-state index in [1.807, 2.05) is 25.2 Å². The van der Waals surface area contributed by atoms with Gasteiger partial charge in [0.2, 0.25) is 15.9 Å². The quantitative estimate of drug-likeness (QED) is 0.498. The third kappa shape index (κ3) is 8.10. The number of nitrogens with zero attached hydrogens (tertiary/aromatic N) is 1. The Morgan fingerprint density at radius 3 is 2.39 bits per heavy atom. The Kier molecular flexibility index (Phi) is 9.11. The van der Waals surface area contributed by atoms with Gasteiger partial charge < -0.3 is 10.2 Å². The standard InChI is InChI=1S/C20H26BrN3O3S/c1-24(16-17-6-3-2-4-7-17)15-5-13-22-20(25)12-14-23-28(26,27)19-10-8-18(21)9-11-19/h2-4,6-11,23H,5,12-16H2,1H3,(H,22,25). The molecule has 0 heterocycles. The fourth-order valence-electron chi connectivity index (χ4n) is 2.64. The monoisotopic (exact) mass is 467 g/mol. The summed E-state index contributed by atoms with van der Waals surface area (Å²) < 4.78 is 27.5. The highest BCUT2D eigenvalue weighted by molar-refractivity contribution is 9.10. The molecule has 0 fully saturated rings. The number of hydrogen-bond acceptors (Lipinski definition) is 4. The van der Waals surface area contributed by atoms with Crippen LogP contribution in [0.25, 0.3) is 0 Å². The summed E-state index contributed by atoms with van der Waals surface area (Å²) in [7, 11) is -1.55. The van der Waals surface area contributed by atoms with Gasteiger partial charge in [0, 0.05) is 30.5 Å². The van der Waals surface area contributed by atoms with Crippen LogP contribution in [0.15, 0.2) is 64.0 Å². The SMILES string of the molecule is CN(CCCNC(=O)CCNS(=O)(=O)c1ccc(Br)cc1)Cc1ccccc1. The zero-order valence-corrected chi connectivity index (χ0v) is 18.3. The Balaban J connectivity index is 1.60. The van der Waals surface area contributed by atoms with Gasteiger partial charge in [0.25, 0.3) is 0 Å². The predicted octanol–water partition coefficient (Wildman–Crippen LogP) is 2.76. The molecule has 28 heavy (non-hydrogen) atoms. The molecule has 0 aliphatic heterocycles. The first kappa shape index (κ1) is 22.5. The Morgan fingerprint density at radius 2 is 1.71 bits per heavy atom. The van der Waals surface area contributed by atoms with E-state index in [1.54, 1.807) is 12.1 Å². The second-order valence-electron chi connectivity index (χ2n) is 6.53. The largest absolute Gasteiger partial charge is 0.356 e. The Labute approximate surface area is 175 Å². The molecule has 0 aliphatic carbocycles. The van der Waals surface area contributed by atoms with E-state index in [1.165, 1.54) is 17.7 Å². The Bertz CT molecular complexity index is 843. The lowest BCUT2D eigenvalue weighted by atomic mass is 10.2. The first-order valence-electron chi connectivity index (χ1n) is 9.11. The molecule has 152 valence electrons.